The van der Waals surface area contributed by atoms with Gasteiger partial charge < -0.3 is 29.9 Å². The molecule has 2 heterocycles. The van der Waals surface area contributed by atoms with Crippen molar-refractivity contribution in [1.82, 2.24) is 20.4 Å². The van der Waals surface area contributed by atoms with Crippen LogP contribution >= 0.6 is 0 Å². The zero-order valence-corrected chi connectivity index (χ0v) is 19.1. The first-order chi connectivity index (χ1) is 14.5. The smallest absolute Gasteiger partial charge is 0.191 e. The van der Waals surface area contributed by atoms with Crippen LogP contribution in [0, 0.1) is 0 Å². The van der Waals surface area contributed by atoms with Crippen LogP contribution in [0.1, 0.15) is 12.8 Å². The Balaban J connectivity index is 1.48. The van der Waals surface area contributed by atoms with Gasteiger partial charge >= 0.3 is 0 Å². The van der Waals surface area contributed by atoms with E-state index >= 15 is 0 Å². The molecule has 0 amide bonds. The van der Waals surface area contributed by atoms with E-state index < -0.39 is 0 Å². The number of methoxy groups -OCH3 is 2. The van der Waals surface area contributed by atoms with Crippen molar-refractivity contribution in [3.8, 4) is 11.5 Å². The highest BCUT2D eigenvalue weighted by Gasteiger charge is 2.24. The Morgan fingerprint density at radius 2 is 1.70 bits per heavy atom. The van der Waals surface area contributed by atoms with Crippen molar-refractivity contribution in [1.29, 1.82) is 0 Å². The van der Waals surface area contributed by atoms with E-state index in [1.54, 1.807) is 14.2 Å². The fraction of sp³-hybridized carbons (Fsp3) is 0.682. The number of hydrogen-bond donors (Lipinski definition) is 2. The Hall–Kier alpha value is -2.19. The lowest BCUT2D eigenvalue weighted by molar-refractivity contribution is 0.116. The standard InChI is InChI=1S/C22H38N6O2/c1-23-22(24-15-19-16-26(2)10-11-27(19)3)25-17-6-8-28(9-7-17)18-12-20(29-4)14-21(13-18)30-5/h12-14,17,19H,6-11,15-16H2,1-5H3,(H2,23,24,25). The van der Waals surface area contributed by atoms with Crippen LogP contribution in [0.4, 0.5) is 5.69 Å². The summed E-state index contributed by atoms with van der Waals surface area (Å²) in [6.45, 7) is 6.22. The lowest BCUT2D eigenvalue weighted by atomic mass is 10.0. The van der Waals surface area contributed by atoms with Crippen molar-refractivity contribution in [2.24, 2.45) is 4.99 Å². The van der Waals surface area contributed by atoms with Gasteiger partial charge in [0.1, 0.15) is 11.5 Å². The van der Waals surface area contributed by atoms with Crippen LogP contribution in [-0.4, -0.2) is 102 Å². The van der Waals surface area contributed by atoms with Crippen molar-refractivity contribution in [3.05, 3.63) is 18.2 Å². The van der Waals surface area contributed by atoms with Crippen LogP contribution in [0.15, 0.2) is 23.2 Å². The predicted octanol–water partition coefficient (Wildman–Crippen LogP) is 1.08. The molecule has 0 radical (unpaired) electrons. The third kappa shape index (κ3) is 5.92. The van der Waals surface area contributed by atoms with E-state index in [2.05, 4.69) is 56.6 Å². The maximum atomic E-state index is 5.42. The third-order valence-electron chi connectivity index (χ3n) is 6.25. The summed E-state index contributed by atoms with van der Waals surface area (Å²) in [7, 11) is 9.63. The minimum Gasteiger partial charge on any atom is -0.497 e. The Kier molecular flexibility index (Phi) is 8.04. The summed E-state index contributed by atoms with van der Waals surface area (Å²) in [5.41, 5.74) is 1.15. The van der Waals surface area contributed by atoms with Crippen molar-refractivity contribution in [3.63, 3.8) is 0 Å². The quantitative estimate of drug-likeness (QED) is 0.529. The molecule has 0 spiro atoms. The van der Waals surface area contributed by atoms with Crippen molar-refractivity contribution in [2.45, 2.75) is 24.9 Å². The minimum atomic E-state index is 0.423. The molecule has 0 bridgehead atoms. The number of aliphatic imine (C=N–C) groups is 1. The largest absolute Gasteiger partial charge is 0.497 e. The van der Waals surface area contributed by atoms with Gasteiger partial charge in [-0.05, 0) is 26.9 Å². The highest BCUT2D eigenvalue weighted by atomic mass is 16.5. The highest BCUT2D eigenvalue weighted by Crippen LogP contribution is 2.30. The van der Waals surface area contributed by atoms with Crippen molar-refractivity contribution >= 4 is 11.6 Å². The molecule has 1 aromatic rings. The van der Waals surface area contributed by atoms with Gasteiger partial charge in [-0.1, -0.05) is 0 Å². The van der Waals surface area contributed by atoms with E-state index in [1.165, 1.54) is 0 Å². The predicted molar refractivity (Wildman–Crippen MR) is 123 cm³/mol. The fourth-order valence-corrected chi connectivity index (χ4v) is 4.18. The summed E-state index contributed by atoms with van der Waals surface area (Å²) >= 11 is 0. The molecular weight excluding hydrogens is 380 g/mol. The number of benzene rings is 1. The van der Waals surface area contributed by atoms with Gasteiger partial charge in [0, 0.05) is 82.3 Å². The van der Waals surface area contributed by atoms with Crippen molar-refractivity contribution < 1.29 is 9.47 Å². The molecule has 168 valence electrons. The van der Waals surface area contributed by atoms with E-state index in [4.69, 9.17) is 9.47 Å². The molecule has 1 aromatic carbocycles. The zero-order chi connectivity index (χ0) is 21.5. The molecule has 2 aliphatic heterocycles. The first-order valence-corrected chi connectivity index (χ1v) is 10.9. The molecule has 8 nitrogen and oxygen atoms in total. The Morgan fingerprint density at radius 1 is 1.03 bits per heavy atom. The van der Waals surface area contributed by atoms with Crippen LogP contribution in [0.25, 0.3) is 0 Å². The second-order valence-electron chi connectivity index (χ2n) is 8.33. The lowest BCUT2D eigenvalue weighted by Gasteiger charge is -2.38. The van der Waals surface area contributed by atoms with E-state index in [0.717, 1.165) is 75.3 Å². The van der Waals surface area contributed by atoms with Gasteiger partial charge in [0.15, 0.2) is 5.96 Å². The summed E-state index contributed by atoms with van der Waals surface area (Å²) in [6.07, 6.45) is 2.12. The average Bonchev–Trinajstić information content (AvgIpc) is 2.78. The second-order valence-corrected chi connectivity index (χ2v) is 8.33. The van der Waals surface area contributed by atoms with Crippen LogP contribution < -0.4 is 25.0 Å². The second kappa shape index (κ2) is 10.7. The molecular formula is C22H38N6O2. The molecule has 2 fully saturated rings. The van der Waals surface area contributed by atoms with Crippen LogP contribution in [0.2, 0.25) is 0 Å². The molecule has 30 heavy (non-hydrogen) atoms. The molecule has 0 aliphatic carbocycles. The summed E-state index contributed by atoms with van der Waals surface area (Å²) in [6, 6.07) is 7.00. The molecule has 2 saturated heterocycles. The summed E-state index contributed by atoms with van der Waals surface area (Å²) < 4.78 is 10.8. The van der Waals surface area contributed by atoms with Gasteiger partial charge in [-0.2, -0.15) is 0 Å². The third-order valence-corrected chi connectivity index (χ3v) is 6.25. The van der Waals surface area contributed by atoms with E-state index in [0.29, 0.717) is 12.1 Å². The minimum absolute atomic E-state index is 0.423. The van der Waals surface area contributed by atoms with E-state index in [9.17, 15) is 0 Å². The van der Waals surface area contributed by atoms with Crippen molar-refractivity contribution in [2.75, 3.05) is 79.5 Å². The number of ether oxygens (including phenoxy) is 2. The number of hydrogen-bond acceptors (Lipinski definition) is 6. The Labute approximate surface area is 181 Å². The zero-order valence-electron chi connectivity index (χ0n) is 19.1. The average molecular weight is 419 g/mol. The van der Waals surface area contributed by atoms with Crippen LogP contribution in [-0.2, 0) is 0 Å². The van der Waals surface area contributed by atoms with E-state index in [-0.39, 0.29) is 0 Å². The number of guanidine groups is 1. The molecule has 2 aliphatic rings. The summed E-state index contributed by atoms with van der Waals surface area (Å²) in [5.74, 6) is 2.55. The highest BCUT2D eigenvalue weighted by molar-refractivity contribution is 5.80. The summed E-state index contributed by atoms with van der Waals surface area (Å²) in [5, 5.41) is 7.15. The van der Waals surface area contributed by atoms with Gasteiger partial charge in [0.2, 0.25) is 0 Å². The van der Waals surface area contributed by atoms with E-state index in [1.807, 2.05) is 13.1 Å². The molecule has 2 N–H and O–H groups in total. The van der Waals surface area contributed by atoms with Gasteiger partial charge in [-0.15, -0.1) is 0 Å². The Bertz CT molecular complexity index is 683. The maximum Gasteiger partial charge on any atom is 0.191 e. The molecule has 1 unspecified atom stereocenters. The molecule has 8 heteroatoms. The monoisotopic (exact) mass is 418 g/mol. The van der Waals surface area contributed by atoms with Gasteiger partial charge in [-0.25, -0.2) is 0 Å². The number of nitrogens with zero attached hydrogens (tertiary/aromatic N) is 4. The Morgan fingerprint density at radius 3 is 2.30 bits per heavy atom. The number of piperidine rings is 1. The molecule has 3 rings (SSSR count). The lowest BCUT2D eigenvalue weighted by Crippen LogP contribution is -2.56. The first-order valence-electron chi connectivity index (χ1n) is 10.9. The van der Waals surface area contributed by atoms with Crippen LogP contribution in [0.5, 0.6) is 11.5 Å². The molecule has 0 saturated carbocycles. The molecule has 0 aromatic heterocycles. The van der Waals surface area contributed by atoms with Gasteiger partial charge in [0.05, 0.1) is 14.2 Å². The number of likely N-dealkylation sites (N-methyl/N-ethyl adjacent to an activating group) is 2. The fourth-order valence-electron chi connectivity index (χ4n) is 4.18. The number of nitrogens with one attached hydrogen (secondary N) is 2. The number of rotatable bonds is 6. The topological polar surface area (TPSA) is 64.6 Å². The van der Waals surface area contributed by atoms with Gasteiger partial charge in [0.25, 0.3) is 0 Å². The molecule has 1 atom stereocenters. The first kappa shape index (κ1) is 22.5. The maximum absolute atomic E-state index is 5.42. The number of anilines is 1. The van der Waals surface area contributed by atoms with Crippen LogP contribution in [0.3, 0.4) is 0 Å². The number of piperazine rings is 1. The SMILES string of the molecule is CN=C(NCC1CN(C)CCN1C)NC1CCN(c2cc(OC)cc(OC)c2)CC1. The van der Waals surface area contributed by atoms with Gasteiger partial charge in [-0.3, -0.25) is 9.89 Å². The normalized spacial score (nSPS) is 22.1. The summed E-state index contributed by atoms with van der Waals surface area (Å²) in [4.78, 5) is 11.7.